The van der Waals surface area contributed by atoms with Gasteiger partial charge in [-0.15, -0.1) is 0 Å². The molecule has 1 N–H and O–H groups in total. The van der Waals surface area contributed by atoms with Crippen molar-refractivity contribution in [1.82, 2.24) is 9.88 Å². The number of nitrogens with zero attached hydrogens (tertiary/aromatic N) is 2. The Morgan fingerprint density at radius 2 is 1.86 bits per heavy atom. The van der Waals surface area contributed by atoms with Gasteiger partial charge in [-0.2, -0.15) is 4.99 Å². The minimum atomic E-state index is 0.540. The lowest BCUT2D eigenvalue weighted by Crippen LogP contribution is -2.25. The number of hydrogen-bond donors (Lipinski definition) is 1. The van der Waals surface area contributed by atoms with Crippen LogP contribution < -0.4 is 10.1 Å². The summed E-state index contributed by atoms with van der Waals surface area (Å²) in [7, 11) is 2.02. The molecule has 0 saturated carbocycles. The van der Waals surface area contributed by atoms with E-state index < -0.39 is 0 Å². The van der Waals surface area contributed by atoms with Crippen LogP contribution in [0.15, 0.2) is 59.6 Å². The first-order chi connectivity index (χ1) is 10.7. The van der Waals surface area contributed by atoms with Crippen molar-refractivity contribution in [3.63, 3.8) is 0 Å². The Hall–Kier alpha value is -1.98. The predicted octanol–water partition coefficient (Wildman–Crippen LogP) is 3.26. The van der Waals surface area contributed by atoms with Gasteiger partial charge < -0.3 is 9.88 Å². The van der Waals surface area contributed by atoms with E-state index in [9.17, 15) is 0 Å². The highest BCUT2D eigenvalue weighted by Gasteiger charge is 2.02. The number of thiazole rings is 1. The summed E-state index contributed by atoms with van der Waals surface area (Å²) >= 11 is 6.98. The Balaban J connectivity index is 1.68. The average molecular weight is 327 g/mol. The second-order valence-corrected chi connectivity index (χ2v) is 6.39. The smallest absolute Gasteiger partial charge is 0.195 e. The number of benzene rings is 2. The zero-order chi connectivity index (χ0) is 15.4. The molecule has 1 aromatic heterocycles. The van der Waals surface area contributed by atoms with E-state index in [0.717, 1.165) is 17.8 Å². The summed E-state index contributed by atoms with van der Waals surface area (Å²) < 4.78 is 3.29. The molecule has 0 aliphatic carbocycles. The van der Waals surface area contributed by atoms with Crippen LogP contribution in [0.1, 0.15) is 5.56 Å². The first kappa shape index (κ1) is 14.9. The van der Waals surface area contributed by atoms with E-state index in [1.54, 1.807) is 11.3 Å². The van der Waals surface area contributed by atoms with Crippen LogP contribution in [0.25, 0.3) is 10.2 Å². The minimum Gasteiger partial charge on any atom is -0.360 e. The highest BCUT2D eigenvalue weighted by atomic mass is 32.1. The van der Waals surface area contributed by atoms with E-state index >= 15 is 0 Å². The molecule has 2 aromatic carbocycles. The second-order valence-electron chi connectivity index (χ2n) is 4.99. The number of nitrogens with one attached hydrogen (secondary N) is 1. The fourth-order valence-corrected chi connectivity index (χ4v) is 3.54. The second kappa shape index (κ2) is 6.85. The van der Waals surface area contributed by atoms with Crippen molar-refractivity contribution in [1.29, 1.82) is 0 Å². The fourth-order valence-electron chi connectivity index (χ4n) is 2.27. The molecule has 0 fully saturated rings. The standard InChI is InChI=1S/C17H17N3S2/c1-20-14-9-5-6-10-15(14)22-17(20)19-16(21)18-12-11-13-7-3-2-4-8-13/h2-10H,11-12H2,1H3,(H,18,21). The third-order valence-corrected chi connectivity index (χ3v) is 4.79. The molecule has 0 amide bonds. The summed E-state index contributed by atoms with van der Waals surface area (Å²) in [4.78, 5) is 5.44. The first-order valence-corrected chi connectivity index (χ1v) is 8.37. The van der Waals surface area contributed by atoms with Gasteiger partial charge >= 0.3 is 0 Å². The van der Waals surface area contributed by atoms with Crippen LogP contribution in [0.3, 0.4) is 0 Å². The van der Waals surface area contributed by atoms with Gasteiger partial charge in [0, 0.05) is 13.6 Å². The monoisotopic (exact) mass is 327 g/mol. The molecular formula is C17H17N3S2. The third-order valence-electron chi connectivity index (χ3n) is 3.44. The predicted molar refractivity (Wildman–Crippen MR) is 97.1 cm³/mol. The molecule has 112 valence electrons. The molecule has 0 saturated heterocycles. The van der Waals surface area contributed by atoms with E-state index in [2.05, 4.69) is 51.3 Å². The highest BCUT2D eigenvalue weighted by Crippen LogP contribution is 2.15. The fraction of sp³-hybridized carbons (Fsp3) is 0.176. The van der Waals surface area contributed by atoms with E-state index in [1.807, 2.05) is 25.2 Å². The summed E-state index contributed by atoms with van der Waals surface area (Å²) in [6, 6.07) is 18.6. The number of fused-ring (bicyclic) bond motifs is 1. The van der Waals surface area contributed by atoms with Gasteiger partial charge in [0.05, 0.1) is 10.2 Å². The maximum atomic E-state index is 5.33. The Morgan fingerprint density at radius 1 is 1.14 bits per heavy atom. The van der Waals surface area contributed by atoms with Gasteiger partial charge in [0.1, 0.15) is 0 Å². The third kappa shape index (κ3) is 3.43. The van der Waals surface area contributed by atoms with Crippen molar-refractivity contribution in [3.05, 3.63) is 65.0 Å². The van der Waals surface area contributed by atoms with Gasteiger partial charge in [-0.3, -0.25) is 0 Å². The lowest BCUT2D eigenvalue weighted by molar-refractivity contribution is 0.858. The topological polar surface area (TPSA) is 29.3 Å². The van der Waals surface area contributed by atoms with Crippen LogP contribution >= 0.6 is 23.6 Å². The van der Waals surface area contributed by atoms with Crippen molar-refractivity contribution in [2.45, 2.75) is 6.42 Å². The molecule has 3 rings (SSSR count). The molecule has 5 heteroatoms. The average Bonchev–Trinajstić information content (AvgIpc) is 2.85. The van der Waals surface area contributed by atoms with Gasteiger partial charge in [0.2, 0.25) is 0 Å². The first-order valence-electron chi connectivity index (χ1n) is 7.15. The van der Waals surface area contributed by atoms with Crippen LogP contribution in [-0.4, -0.2) is 16.2 Å². The van der Waals surface area contributed by atoms with Gasteiger partial charge in [-0.05, 0) is 36.3 Å². The van der Waals surface area contributed by atoms with Gasteiger partial charge in [0.15, 0.2) is 9.91 Å². The van der Waals surface area contributed by atoms with E-state index in [4.69, 9.17) is 12.2 Å². The molecule has 1 heterocycles. The Bertz CT molecular complexity index is 847. The summed E-state index contributed by atoms with van der Waals surface area (Å²) in [6.07, 6.45) is 0.940. The summed E-state index contributed by atoms with van der Waals surface area (Å²) in [6.45, 7) is 0.793. The largest absolute Gasteiger partial charge is 0.360 e. The maximum absolute atomic E-state index is 5.33. The molecule has 0 aliphatic rings. The minimum absolute atomic E-state index is 0.540. The Kier molecular flexibility index (Phi) is 4.65. The van der Waals surface area contributed by atoms with Gasteiger partial charge in [-0.25, -0.2) is 0 Å². The van der Waals surface area contributed by atoms with Crippen LogP contribution in [0.5, 0.6) is 0 Å². The normalized spacial score (nSPS) is 11.8. The molecular weight excluding hydrogens is 310 g/mol. The van der Waals surface area contributed by atoms with Crippen molar-refractivity contribution >= 4 is 38.9 Å². The van der Waals surface area contributed by atoms with Crippen LogP contribution in [-0.2, 0) is 13.5 Å². The molecule has 22 heavy (non-hydrogen) atoms. The zero-order valence-corrected chi connectivity index (χ0v) is 14.0. The lowest BCUT2D eigenvalue weighted by Gasteiger charge is -2.03. The summed E-state index contributed by atoms with van der Waals surface area (Å²) in [5.74, 6) is 0. The molecule has 0 aliphatic heterocycles. The highest BCUT2D eigenvalue weighted by molar-refractivity contribution is 7.80. The lowest BCUT2D eigenvalue weighted by atomic mass is 10.1. The number of para-hydroxylation sites is 1. The number of aryl methyl sites for hydroxylation is 1. The molecule has 0 spiro atoms. The quantitative estimate of drug-likeness (QED) is 0.748. The van der Waals surface area contributed by atoms with Crippen LogP contribution in [0.2, 0.25) is 0 Å². The molecule has 0 radical (unpaired) electrons. The Labute approximate surface area is 139 Å². The van der Waals surface area contributed by atoms with Gasteiger partial charge in [0.25, 0.3) is 0 Å². The molecule has 3 nitrogen and oxygen atoms in total. The van der Waals surface area contributed by atoms with Crippen LogP contribution in [0.4, 0.5) is 0 Å². The van der Waals surface area contributed by atoms with E-state index in [1.165, 1.54) is 15.8 Å². The number of aromatic nitrogens is 1. The molecule has 0 unspecified atom stereocenters. The van der Waals surface area contributed by atoms with Crippen molar-refractivity contribution in [2.75, 3.05) is 6.54 Å². The molecule has 3 aromatic rings. The van der Waals surface area contributed by atoms with Gasteiger partial charge in [-0.1, -0.05) is 53.8 Å². The molecule has 0 atom stereocenters. The number of rotatable bonds is 3. The molecule has 0 bridgehead atoms. The maximum Gasteiger partial charge on any atom is 0.195 e. The Morgan fingerprint density at radius 3 is 2.64 bits per heavy atom. The van der Waals surface area contributed by atoms with Crippen molar-refractivity contribution in [2.24, 2.45) is 12.0 Å². The van der Waals surface area contributed by atoms with Crippen LogP contribution in [0, 0.1) is 0 Å². The zero-order valence-electron chi connectivity index (χ0n) is 12.3. The summed E-state index contributed by atoms with van der Waals surface area (Å²) in [5.41, 5.74) is 2.48. The summed E-state index contributed by atoms with van der Waals surface area (Å²) in [5, 5.41) is 3.75. The SMILES string of the molecule is Cn1c(=NC(=S)NCCc2ccccc2)sc2ccccc21. The van der Waals surface area contributed by atoms with E-state index in [0.29, 0.717) is 5.11 Å². The van der Waals surface area contributed by atoms with Crippen molar-refractivity contribution < 1.29 is 0 Å². The number of hydrogen-bond acceptors (Lipinski definition) is 2. The van der Waals surface area contributed by atoms with E-state index in [-0.39, 0.29) is 0 Å². The number of thiocarbonyl (C=S) groups is 1. The van der Waals surface area contributed by atoms with Crippen molar-refractivity contribution in [3.8, 4) is 0 Å².